The van der Waals surface area contributed by atoms with E-state index in [0.717, 1.165) is 18.2 Å². The van der Waals surface area contributed by atoms with Crippen LogP contribution in [0, 0.1) is 10.1 Å². The van der Waals surface area contributed by atoms with Gasteiger partial charge in [-0.2, -0.15) is 13.2 Å². The number of nitro benzene ring substituents is 1. The van der Waals surface area contributed by atoms with Gasteiger partial charge >= 0.3 is 6.18 Å². The number of hydrogen-bond donors (Lipinski definition) is 2. The molecular weight excluding hydrogens is 412 g/mol. The van der Waals surface area contributed by atoms with E-state index in [0.29, 0.717) is 0 Å². The molecule has 0 unspecified atom stereocenters. The number of benzene rings is 2. The Labute approximate surface area is 158 Å². The van der Waals surface area contributed by atoms with Crippen molar-refractivity contribution in [1.82, 2.24) is 9.97 Å². The third kappa shape index (κ3) is 3.81. The van der Waals surface area contributed by atoms with Gasteiger partial charge in [0.25, 0.3) is 11.6 Å². The number of non-ortho nitro benzene ring substituents is 1. The van der Waals surface area contributed by atoms with E-state index in [2.05, 4.69) is 15.3 Å². The average molecular weight is 419 g/mol. The Morgan fingerprint density at radius 3 is 2.52 bits per heavy atom. The van der Waals surface area contributed by atoms with Crippen molar-refractivity contribution in [3.05, 3.63) is 61.9 Å². The molecular formula is C15H7Cl2F3N4O3. The standard InChI is InChI=1S/C15H7Cl2F3N4O3/c16-6-3-8(12-11(4-6)22-14(23-12)15(18,19)20)13(25)21-10-2-1-7(24(26)27)5-9(10)17/h1-5H,(H,21,25)(H,22,23). The van der Waals surface area contributed by atoms with Gasteiger partial charge in [-0.1, -0.05) is 23.2 Å². The van der Waals surface area contributed by atoms with Crippen LogP contribution in [0.2, 0.25) is 10.0 Å². The summed E-state index contributed by atoms with van der Waals surface area (Å²) in [6.07, 6.45) is -4.74. The van der Waals surface area contributed by atoms with Gasteiger partial charge in [0.05, 0.1) is 26.7 Å². The summed E-state index contributed by atoms with van der Waals surface area (Å²) in [5, 5.41) is 13.0. The van der Waals surface area contributed by atoms with Crippen molar-refractivity contribution in [2.45, 2.75) is 6.18 Å². The number of hydrogen-bond acceptors (Lipinski definition) is 4. The lowest BCUT2D eigenvalue weighted by Crippen LogP contribution is -2.13. The van der Waals surface area contributed by atoms with E-state index in [-0.39, 0.29) is 38.0 Å². The second kappa shape index (κ2) is 6.71. The molecule has 0 fully saturated rings. The monoisotopic (exact) mass is 418 g/mol. The second-order valence-corrected chi connectivity index (χ2v) is 6.15. The molecule has 12 heteroatoms. The molecule has 0 radical (unpaired) electrons. The number of alkyl halides is 3. The fraction of sp³-hybridized carbons (Fsp3) is 0.0667. The van der Waals surface area contributed by atoms with Gasteiger partial charge in [0.1, 0.15) is 5.52 Å². The summed E-state index contributed by atoms with van der Waals surface area (Å²) < 4.78 is 38.6. The normalized spacial score (nSPS) is 11.6. The molecule has 2 aromatic carbocycles. The predicted octanol–water partition coefficient (Wildman–Crippen LogP) is 5.05. The van der Waals surface area contributed by atoms with E-state index >= 15 is 0 Å². The lowest BCUT2D eigenvalue weighted by atomic mass is 10.1. The molecule has 0 spiro atoms. The number of nitro groups is 1. The first-order valence-corrected chi connectivity index (χ1v) is 7.83. The Kier molecular flexibility index (Phi) is 4.70. The summed E-state index contributed by atoms with van der Waals surface area (Å²) in [6, 6.07) is 5.70. The van der Waals surface area contributed by atoms with Crippen molar-refractivity contribution in [1.29, 1.82) is 0 Å². The number of nitrogens with one attached hydrogen (secondary N) is 2. The van der Waals surface area contributed by atoms with E-state index in [1.807, 2.05) is 0 Å². The van der Waals surface area contributed by atoms with Crippen LogP contribution in [0.5, 0.6) is 0 Å². The molecule has 3 rings (SSSR count). The zero-order valence-corrected chi connectivity index (χ0v) is 14.4. The number of carbonyl (C=O) groups excluding carboxylic acids is 1. The minimum atomic E-state index is -4.74. The number of nitrogens with zero attached hydrogens (tertiary/aromatic N) is 2. The lowest BCUT2D eigenvalue weighted by Gasteiger charge is -2.08. The molecule has 1 aromatic heterocycles. The van der Waals surface area contributed by atoms with Gasteiger partial charge in [0, 0.05) is 17.2 Å². The number of H-pyrrole nitrogens is 1. The Bertz CT molecular complexity index is 1080. The van der Waals surface area contributed by atoms with E-state index < -0.39 is 22.8 Å². The summed E-state index contributed by atoms with van der Waals surface area (Å²) in [7, 11) is 0. The maximum atomic E-state index is 12.9. The number of amides is 1. The maximum absolute atomic E-state index is 12.9. The second-order valence-electron chi connectivity index (χ2n) is 5.31. The van der Waals surface area contributed by atoms with Crippen molar-refractivity contribution < 1.29 is 22.9 Å². The molecule has 0 saturated carbocycles. The van der Waals surface area contributed by atoms with Crippen molar-refractivity contribution in [3.63, 3.8) is 0 Å². The van der Waals surface area contributed by atoms with Crippen LogP contribution in [-0.4, -0.2) is 20.8 Å². The minimum Gasteiger partial charge on any atom is -0.334 e. The molecule has 27 heavy (non-hydrogen) atoms. The van der Waals surface area contributed by atoms with Crippen LogP contribution in [0.4, 0.5) is 24.5 Å². The van der Waals surface area contributed by atoms with Crippen molar-refractivity contribution in [2.24, 2.45) is 0 Å². The summed E-state index contributed by atoms with van der Waals surface area (Å²) in [6.45, 7) is 0. The Morgan fingerprint density at radius 2 is 1.93 bits per heavy atom. The van der Waals surface area contributed by atoms with E-state index in [9.17, 15) is 28.1 Å². The molecule has 3 aromatic rings. The van der Waals surface area contributed by atoms with E-state index in [1.165, 1.54) is 12.1 Å². The number of imidazole rings is 1. The number of aromatic nitrogens is 2. The van der Waals surface area contributed by atoms with Gasteiger partial charge in [0.15, 0.2) is 0 Å². The fourth-order valence-electron chi connectivity index (χ4n) is 2.30. The highest BCUT2D eigenvalue weighted by molar-refractivity contribution is 6.34. The fourth-order valence-corrected chi connectivity index (χ4v) is 2.74. The first kappa shape index (κ1) is 18.9. The van der Waals surface area contributed by atoms with Crippen LogP contribution in [0.3, 0.4) is 0 Å². The number of anilines is 1. The van der Waals surface area contributed by atoms with E-state index in [4.69, 9.17) is 23.2 Å². The molecule has 7 nitrogen and oxygen atoms in total. The highest BCUT2D eigenvalue weighted by atomic mass is 35.5. The van der Waals surface area contributed by atoms with Crippen molar-refractivity contribution >= 4 is 51.5 Å². The number of aromatic amines is 1. The molecule has 1 heterocycles. The first-order chi connectivity index (χ1) is 12.6. The Hall–Kier alpha value is -2.85. The summed E-state index contributed by atoms with van der Waals surface area (Å²) in [5.41, 5.74) is -0.784. The minimum absolute atomic E-state index is 0.0137. The first-order valence-electron chi connectivity index (χ1n) is 7.08. The average Bonchev–Trinajstić information content (AvgIpc) is 2.99. The van der Waals surface area contributed by atoms with Gasteiger partial charge in [-0.05, 0) is 18.2 Å². The molecule has 0 atom stereocenters. The van der Waals surface area contributed by atoms with E-state index in [1.54, 1.807) is 0 Å². The van der Waals surface area contributed by atoms with Crippen molar-refractivity contribution in [2.75, 3.05) is 5.32 Å². The summed E-state index contributed by atoms with van der Waals surface area (Å²) in [5.74, 6) is -2.11. The molecule has 0 aliphatic carbocycles. The Balaban J connectivity index is 2.01. The zero-order valence-electron chi connectivity index (χ0n) is 12.9. The third-order valence-corrected chi connectivity index (χ3v) is 4.01. The van der Waals surface area contributed by atoms with Gasteiger partial charge in [-0.15, -0.1) is 0 Å². The molecule has 0 aliphatic heterocycles. The van der Waals surface area contributed by atoms with Gasteiger partial charge in [0.2, 0.25) is 5.82 Å². The topological polar surface area (TPSA) is 101 Å². The molecule has 140 valence electrons. The van der Waals surface area contributed by atoms with Crippen LogP contribution < -0.4 is 5.32 Å². The van der Waals surface area contributed by atoms with Gasteiger partial charge in [-0.3, -0.25) is 14.9 Å². The Morgan fingerprint density at radius 1 is 1.22 bits per heavy atom. The predicted molar refractivity (Wildman–Crippen MR) is 92.2 cm³/mol. The van der Waals surface area contributed by atoms with Gasteiger partial charge < -0.3 is 10.3 Å². The number of halogens is 5. The van der Waals surface area contributed by atoms with Crippen LogP contribution >= 0.6 is 23.2 Å². The smallest absolute Gasteiger partial charge is 0.334 e. The highest BCUT2D eigenvalue weighted by Crippen LogP contribution is 2.32. The number of rotatable bonds is 3. The maximum Gasteiger partial charge on any atom is 0.449 e. The highest BCUT2D eigenvalue weighted by Gasteiger charge is 2.35. The SMILES string of the molecule is O=C(Nc1ccc([N+](=O)[O-])cc1Cl)c1cc(Cl)cc2[nH]c(C(F)(F)F)nc12. The molecule has 2 N–H and O–H groups in total. The largest absolute Gasteiger partial charge is 0.449 e. The lowest BCUT2D eigenvalue weighted by molar-refractivity contribution is -0.384. The zero-order chi connectivity index (χ0) is 19.9. The molecule has 0 bridgehead atoms. The van der Waals surface area contributed by atoms with Crippen LogP contribution in [0.1, 0.15) is 16.2 Å². The van der Waals surface area contributed by atoms with Crippen LogP contribution in [0.25, 0.3) is 11.0 Å². The molecule has 0 aliphatic rings. The summed E-state index contributed by atoms with van der Waals surface area (Å²) >= 11 is 11.8. The molecule has 0 saturated heterocycles. The van der Waals surface area contributed by atoms with Gasteiger partial charge in [-0.25, -0.2) is 4.98 Å². The molecule has 1 amide bonds. The number of fused-ring (bicyclic) bond motifs is 1. The van der Waals surface area contributed by atoms with Crippen LogP contribution in [0.15, 0.2) is 30.3 Å². The number of carbonyl (C=O) groups is 1. The third-order valence-electron chi connectivity index (χ3n) is 3.48. The quantitative estimate of drug-likeness (QED) is 0.458. The summed E-state index contributed by atoms with van der Waals surface area (Å²) in [4.78, 5) is 28.1. The van der Waals surface area contributed by atoms with Crippen molar-refractivity contribution in [3.8, 4) is 0 Å². The van der Waals surface area contributed by atoms with Crippen LogP contribution in [-0.2, 0) is 6.18 Å².